The predicted molar refractivity (Wildman–Crippen MR) is 130 cm³/mol. The lowest BCUT2D eigenvalue weighted by molar-refractivity contribution is 0.627. The molecule has 4 rings (SSSR count). The highest BCUT2D eigenvalue weighted by Gasteiger charge is 1.93. The zero-order valence-corrected chi connectivity index (χ0v) is 17.3. The molecule has 0 aliphatic carbocycles. The van der Waals surface area contributed by atoms with Gasteiger partial charge in [-0.3, -0.25) is 0 Å². The van der Waals surface area contributed by atoms with Crippen molar-refractivity contribution >= 4 is 24.3 Å². The molecule has 0 saturated carbocycles. The van der Waals surface area contributed by atoms with E-state index < -0.39 is 0 Å². The fraction of sp³-hybridized carbons (Fsp3) is 0. The molecule has 0 aliphatic rings. The molecular formula is C30H20F2. The molecule has 4 aromatic rings. The van der Waals surface area contributed by atoms with Crippen molar-refractivity contribution in [3.05, 3.63) is 142 Å². The van der Waals surface area contributed by atoms with Gasteiger partial charge in [-0.15, -0.1) is 0 Å². The quantitative estimate of drug-likeness (QED) is 0.235. The van der Waals surface area contributed by atoms with Crippen LogP contribution in [0.4, 0.5) is 8.78 Å². The molecule has 0 fully saturated rings. The van der Waals surface area contributed by atoms with Crippen molar-refractivity contribution in [2.45, 2.75) is 0 Å². The van der Waals surface area contributed by atoms with Crippen LogP contribution < -0.4 is 0 Å². The van der Waals surface area contributed by atoms with E-state index in [0.29, 0.717) is 0 Å². The highest BCUT2D eigenvalue weighted by Crippen LogP contribution is 2.12. The number of benzene rings is 4. The molecule has 0 radical (unpaired) electrons. The fourth-order valence-electron chi connectivity index (χ4n) is 3.03. The molecule has 0 aliphatic heterocycles. The lowest BCUT2D eigenvalue weighted by Crippen LogP contribution is -1.79. The van der Waals surface area contributed by atoms with Crippen LogP contribution in [0.3, 0.4) is 0 Å². The Kier molecular flexibility index (Phi) is 6.70. The average molecular weight is 418 g/mol. The summed E-state index contributed by atoms with van der Waals surface area (Å²) < 4.78 is 25.9. The number of hydrogen-bond donors (Lipinski definition) is 0. The molecule has 4 aromatic carbocycles. The summed E-state index contributed by atoms with van der Waals surface area (Å²) in [7, 11) is 0. The summed E-state index contributed by atoms with van der Waals surface area (Å²) in [4.78, 5) is 0. The first-order valence-electron chi connectivity index (χ1n) is 10.2. The Labute approximate surface area is 187 Å². The molecule has 0 saturated heterocycles. The van der Waals surface area contributed by atoms with Gasteiger partial charge in [0.1, 0.15) is 11.6 Å². The van der Waals surface area contributed by atoms with Crippen molar-refractivity contribution in [2.75, 3.05) is 0 Å². The maximum Gasteiger partial charge on any atom is 0.123 e. The lowest BCUT2D eigenvalue weighted by Gasteiger charge is -1.97. The summed E-state index contributed by atoms with van der Waals surface area (Å²) in [5, 5.41) is 0. The minimum absolute atomic E-state index is 0.235. The van der Waals surface area contributed by atoms with Gasteiger partial charge in [0, 0.05) is 11.1 Å². The summed E-state index contributed by atoms with van der Waals surface area (Å²) in [6.07, 6.45) is 7.88. The van der Waals surface area contributed by atoms with Gasteiger partial charge in [0.25, 0.3) is 0 Å². The summed E-state index contributed by atoms with van der Waals surface area (Å²) in [5.41, 5.74) is 5.88. The van der Waals surface area contributed by atoms with Crippen LogP contribution >= 0.6 is 0 Å². The molecule has 0 bridgehead atoms. The lowest BCUT2D eigenvalue weighted by atomic mass is 10.1. The van der Waals surface area contributed by atoms with Gasteiger partial charge >= 0.3 is 0 Å². The van der Waals surface area contributed by atoms with Crippen molar-refractivity contribution in [2.24, 2.45) is 0 Å². The Morgan fingerprint density at radius 3 is 0.906 bits per heavy atom. The molecule has 0 aromatic heterocycles. The van der Waals surface area contributed by atoms with Crippen LogP contribution in [-0.2, 0) is 0 Å². The molecule has 0 nitrogen and oxygen atoms in total. The van der Waals surface area contributed by atoms with E-state index in [4.69, 9.17) is 0 Å². The second-order valence-electron chi connectivity index (χ2n) is 7.26. The molecule has 0 heterocycles. The van der Waals surface area contributed by atoms with E-state index in [1.54, 1.807) is 24.3 Å². The van der Waals surface area contributed by atoms with Crippen LogP contribution in [0.25, 0.3) is 24.3 Å². The van der Waals surface area contributed by atoms with Crippen molar-refractivity contribution < 1.29 is 8.78 Å². The molecular weight excluding hydrogens is 398 g/mol. The molecule has 32 heavy (non-hydrogen) atoms. The summed E-state index contributed by atoms with van der Waals surface area (Å²) in [6, 6.07) is 28.7. The van der Waals surface area contributed by atoms with E-state index in [2.05, 4.69) is 11.8 Å². The maximum absolute atomic E-state index is 13.0. The summed E-state index contributed by atoms with van der Waals surface area (Å²) >= 11 is 0. The smallest absolute Gasteiger partial charge is 0.123 e. The predicted octanol–water partition coefficient (Wildman–Crippen LogP) is 7.71. The highest BCUT2D eigenvalue weighted by atomic mass is 19.1. The monoisotopic (exact) mass is 418 g/mol. The molecule has 2 heteroatoms. The van der Waals surface area contributed by atoms with E-state index in [1.807, 2.05) is 72.8 Å². The Hall–Kier alpha value is -4.22. The van der Waals surface area contributed by atoms with Crippen molar-refractivity contribution in [3.8, 4) is 11.8 Å². The van der Waals surface area contributed by atoms with Crippen molar-refractivity contribution in [3.63, 3.8) is 0 Å². The minimum Gasteiger partial charge on any atom is -0.207 e. The molecule has 0 N–H and O–H groups in total. The topological polar surface area (TPSA) is 0 Å². The third-order valence-corrected chi connectivity index (χ3v) is 4.85. The summed E-state index contributed by atoms with van der Waals surface area (Å²) in [6.45, 7) is 0. The first-order valence-corrected chi connectivity index (χ1v) is 10.2. The third-order valence-electron chi connectivity index (χ3n) is 4.85. The van der Waals surface area contributed by atoms with Crippen LogP contribution in [0.2, 0.25) is 0 Å². The standard InChI is InChI=1S/C30H20F2/c31-29-19-15-27(16-20-29)13-11-25-7-3-23(4-8-25)1-2-24-5-9-26(10-6-24)12-14-28-17-21-30(32)22-18-28/h3-22H. The normalized spacial score (nSPS) is 10.9. The molecule has 0 unspecified atom stereocenters. The van der Waals surface area contributed by atoms with E-state index in [-0.39, 0.29) is 11.6 Å². The third kappa shape index (κ3) is 6.14. The maximum atomic E-state index is 13.0. The summed E-state index contributed by atoms with van der Waals surface area (Å²) in [5.74, 6) is 5.89. The minimum atomic E-state index is -0.235. The van der Waals surface area contributed by atoms with E-state index in [9.17, 15) is 8.78 Å². The Morgan fingerprint density at radius 1 is 0.375 bits per heavy atom. The van der Waals surface area contributed by atoms with Gasteiger partial charge in [0.05, 0.1) is 0 Å². The molecule has 0 atom stereocenters. The Morgan fingerprint density at radius 2 is 0.625 bits per heavy atom. The van der Waals surface area contributed by atoms with Gasteiger partial charge in [-0.25, -0.2) is 8.78 Å². The Balaban J connectivity index is 1.37. The SMILES string of the molecule is Fc1ccc(C=Cc2ccc(C#Cc3ccc(C=Cc4ccc(F)cc4)cc3)cc2)cc1. The van der Waals surface area contributed by atoms with E-state index in [1.165, 1.54) is 24.3 Å². The highest BCUT2D eigenvalue weighted by molar-refractivity contribution is 5.70. The van der Waals surface area contributed by atoms with Gasteiger partial charge in [0.15, 0.2) is 0 Å². The van der Waals surface area contributed by atoms with Gasteiger partial charge < -0.3 is 0 Å². The first kappa shape index (κ1) is 21.0. The van der Waals surface area contributed by atoms with Gasteiger partial charge in [-0.1, -0.05) is 84.7 Å². The molecule has 154 valence electrons. The Bertz CT molecular complexity index is 1180. The molecule has 0 amide bonds. The fourth-order valence-corrected chi connectivity index (χ4v) is 3.03. The van der Waals surface area contributed by atoms with Gasteiger partial charge in [-0.2, -0.15) is 0 Å². The second-order valence-corrected chi connectivity index (χ2v) is 7.26. The zero-order valence-electron chi connectivity index (χ0n) is 17.3. The van der Waals surface area contributed by atoms with Crippen molar-refractivity contribution in [1.29, 1.82) is 0 Å². The van der Waals surface area contributed by atoms with Gasteiger partial charge in [0.2, 0.25) is 0 Å². The average Bonchev–Trinajstić information content (AvgIpc) is 2.83. The zero-order chi connectivity index (χ0) is 22.2. The van der Waals surface area contributed by atoms with Crippen LogP contribution in [0.1, 0.15) is 33.4 Å². The molecule has 0 spiro atoms. The van der Waals surface area contributed by atoms with Crippen LogP contribution in [0, 0.1) is 23.5 Å². The van der Waals surface area contributed by atoms with E-state index in [0.717, 1.165) is 33.4 Å². The van der Waals surface area contributed by atoms with Gasteiger partial charge in [-0.05, 0) is 70.8 Å². The number of hydrogen-bond acceptors (Lipinski definition) is 0. The number of rotatable bonds is 4. The van der Waals surface area contributed by atoms with E-state index >= 15 is 0 Å². The number of halogens is 2. The second kappa shape index (κ2) is 10.2. The van der Waals surface area contributed by atoms with Crippen LogP contribution in [-0.4, -0.2) is 0 Å². The van der Waals surface area contributed by atoms with Crippen LogP contribution in [0.5, 0.6) is 0 Å². The first-order chi connectivity index (χ1) is 15.6. The van der Waals surface area contributed by atoms with Crippen LogP contribution in [0.15, 0.2) is 97.1 Å². The largest absolute Gasteiger partial charge is 0.207 e. The van der Waals surface area contributed by atoms with Crippen molar-refractivity contribution in [1.82, 2.24) is 0 Å².